The molecule has 1 aromatic carbocycles. The lowest BCUT2D eigenvalue weighted by Gasteiger charge is -2.29. The fraction of sp³-hybridized carbons (Fsp3) is 0.450. The molecule has 4 rings (SSSR count). The lowest BCUT2D eigenvalue weighted by molar-refractivity contribution is 0.487. The zero-order valence-electron chi connectivity index (χ0n) is 16.4. The Labute approximate surface area is 161 Å². The molecular weight excluding hydrogens is 361 g/mol. The van der Waals surface area contributed by atoms with Crippen LogP contribution >= 0.6 is 0 Å². The molecule has 148 valence electrons. The summed E-state index contributed by atoms with van der Waals surface area (Å²) >= 11 is 0. The van der Waals surface area contributed by atoms with E-state index in [4.69, 9.17) is 0 Å². The fourth-order valence-electron chi connectivity index (χ4n) is 3.71. The second-order valence-electron chi connectivity index (χ2n) is 7.70. The Balaban J connectivity index is 1.91. The van der Waals surface area contributed by atoms with Crippen LogP contribution in [-0.4, -0.2) is 25.2 Å². The molecule has 0 bridgehead atoms. The summed E-state index contributed by atoms with van der Waals surface area (Å²) < 4.78 is 18.0. The van der Waals surface area contributed by atoms with Gasteiger partial charge in [0.15, 0.2) is 11.2 Å². The average Bonchev–Trinajstić information content (AvgIpc) is 3.06. The number of aryl methyl sites for hydroxylation is 2. The summed E-state index contributed by atoms with van der Waals surface area (Å²) in [4.78, 5) is 32.5. The first kappa shape index (κ1) is 18.5. The summed E-state index contributed by atoms with van der Waals surface area (Å²) in [6.45, 7) is 5.89. The van der Waals surface area contributed by atoms with Gasteiger partial charge in [0, 0.05) is 32.4 Å². The highest BCUT2D eigenvalue weighted by Crippen LogP contribution is 2.30. The van der Waals surface area contributed by atoms with Crippen LogP contribution in [0.3, 0.4) is 0 Å². The zero-order chi connectivity index (χ0) is 20.0. The van der Waals surface area contributed by atoms with E-state index in [0.29, 0.717) is 42.7 Å². The van der Waals surface area contributed by atoms with Gasteiger partial charge in [-0.1, -0.05) is 13.8 Å². The number of hydrogen-bond acceptors (Lipinski definition) is 4. The number of anilines is 2. The van der Waals surface area contributed by atoms with Crippen LogP contribution in [0.5, 0.6) is 0 Å². The summed E-state index contributed by atoms with van der Waals surface area (Å²) in [6, 6.07) is 6.21. The maximum absolute atomic E-state index is 13.3. The van der Waals surface area contributed by atoms with Gasteiger partial charge < -0.3 is 9.47 Å². The Morgan fingerprint density at radius 1 is 1.14 bits per heavy atom. The third-order valence-corrected chi connectivity index (χ3v) is 5.29. The minimum Gasteiger partial charge on any atom is -0.312 e. The highest BCUT2D eigenvalue weighted by molar-refractivity contribution is 5.77. The van der Waals surface area contributed by atoms with Crippen molar-refractivity contribution in [1.82, 2.24) is 18.7 Å². The van der Waals surface area contributed by atoms with E-state index in [-0.39, 0.29) is 17.1 Å². The van der Waals surface area contributed by atoms with Gasteiger partial charge in [-0.3, -0.25) is 13.9 Å². The number of nitrogens with zero attached hydrogens (tertiary/aromatic N) is 5. The number of fused-ring (bicyclic) bond motifs is 3. The summed E-state index contributed by atoms with van der Waals surface area (Å²) in [7, 11) is 1.65. The van der Waals surface area contributed by atoms with Crippen molar-refractivity contribution in [3.05, 3.63) is 50.9 Å². The van der Waals surface area contributed by atoms with Gasteiger partial charge in [-0.25, -0.2) is 9.18 Å². The van der Waals surface area contributed by atoms with Crippen LogP contribution in [0.25, 0.3) is 11.2 Å². The van der Waals surface area contributed by atoms with Crippen LogP contribution in [0.2, 0.25) is 0 Å². The highest BCUT2D eigenvalue weighted by atomic mass is 19.1. The molecule has 0 amide bonds. The van der Waals surface area contributed by atoms with Crippen LogP contribution in [0.15, 0.2) is 33.9 Å². The van der Waals surface area contributed by atoms with Crippen molar-refractivity contribution >= 4 is 22.8 Å². The number of benzene rings is 1. The van der Waals surface area contributed by atoms with Crippen molar-refractivity contribution in [2.24, 2.45) is 13.0 Å². The van der Waals surface area contributed by atoms with E-state index >= 15 is 0 Å². The van der Waals surface area contributed by atoms with Gasteiger partial charge in [-0.2, -0.15) is 4.98 Å². The predicted molar refractivity (Wildman–Crippen MR) is 107 cm³/mol. The molecule has 8 heteroatoms. The molecule has 0 fully saturated rings. The second-order valence-corrected chi connectivity index (χ2v) is 7.70. The van der Waals surface area contributed by atoms with Gasteiger partial charge in [0.1, 0.15) is 5.82 Å². The van der Waals surface area contributed by atoms with Gasteiger partial charge in [0.25, 0.3) is 5.56 Å². The molecule has 0 radical (unpaired) electrons. The quantitative estimate of drug-likeness (QED) is 0.693. The molecule has 7 nitrogen and oxygen atoms in total. The van der Waals surface area contributed by atoms with Gasteiger partial charge >= 0.3 is 5.69 Å². The Hall–Kier alpha value is -2.90. The first-order valence-corrected chi connectivity index (χ1v) is 9.61. The lowest BCUT2D eigenvalue weighted by atomic mass is 10.1. The standard InChI is InChI=1S/C20H24FN5O2/c1-13(2)9-12-26-18(27)16-17(23(3)20(26)28)22-19-24(10-4-11-25(16)19)15-7-5-14(21)6-8-15/h5-8,13H,4,9-12H2,1-3H3. The van der Waals surface area contributed by atoms with Crippen molar-refractivity contribution in [2.75, 3.05) is 11.4 Å². The maximum Gasteiger partial charge on any atom is 0.332 e. The molecular formula is C20H24FN5O2. The van der Waals surface area contributed by atoms with E-state index in [1.165, 1.54) is 21.3 Å². The number of aromatic nitrogens is 4. The maximum atomic E-state index is 13.3. The van der Waals surface area contributed by atoms with Gasteiger partial charge in [0.05, 0.1) is 0 Å². The molecule has 0 aliphatic carbocycles. The molecule has 0 N–H and O–H groups in total. The van der Waals surface area contributed by atoms with E-state index < -0.39 is 0 Å². The number of hydrogen-bond donors (Lipinski definition) is 0. The number of imidazole rings is 1. The van der Waals surface area contributed by atoms with Crippen molar-refractivity contribution in [3.8, 4) is 0 Å². The van der Waals surface area contributed by atoms with E-state index in [2.05, 4.69) is 18.8 Å². The van der Waals surface area contributed by atoms with E-state index in [1.807, 2.05) is 9.47 Å². The Morgan fingerprint density at radius 2 is 1.86 bits per heavy atom. The summed E-state index contributed by atoms with van der Waals surface area (Å²) in [5.74, 6) is 0.701. The van der Waals surface area contributed by atoms with Crippen molar-refractivity contribution in [1.29, 1.82) is 0 Å². The van der Waals surface area contributed by atoms with Crippen LogP contribution in [0.1, 0.15) is 26.7 Å². The SMILES string of the molecule is CC(C)CCn1c(=O)c2c(nc3n2CCCN3c2ccc(F)cc2)n(C)c1=O. The largest absolute Gasteiger partial charge is 0.332 e. The van der Waals surface area contributed by atoms with Crippen molar-refractivity contribution in [3.63, 3.8) is 0 Å². The van der Waals surface area contributed by atoms with Crippen LogP contribution in [0, 0.1) is 11.7 Å². The Bertz CT molecular complexity index is 1140. The van der Waals surface area contributed by atoms with E-state index in [0.717, 1.165) is 18.5 Å². The molecule has 3 aromatic rings. The van der Waals surface area contributed by atoms with Gasteiger partial charge in [-0.15, -0.1) is 0 Å². The summed E-state index contributed by atoms with van der Waals surface area (Å²) in [6.07, 6.45) is 1.58. The number of halogens is 1. The molecule has 1 aliphatic rings. The van der Waals surface area contributed by atoms with E-state index in [1.54, 1.807) is 19.2 Å². The third kappa shape index (κ3) is 2.93. The van der Waals surface area contributed by atoms with E-state index in [9.17, 15) is 14.0 Å². The first-order valence-electron chi connectivity index (χ1n) is 9.61. The molecule has 3 heterocycles. The summed E-state index contributed by atoms with van der Waals surface area (Å²) in [5.41, 5.74) is 1.01. The molecule has 2 aromatic heterocycles. The normalized spacial score (nSPS) is 14.1. The molecule has 0 saturated heterocycles. The molecule has 0 unspecified atom stereocenters. The lowest BCUT2D eigenvalue weighted by Crippen LogP contribution is -2.40. The van der Waals surface area contributed by atoms with Crippen LogP contribution in [-0.2, 0) is 20.1 Å². The highest BCUT2D eigenvalue weighted by Gasteiger charge is 2.26. The molecule has 0 spiro atoms. The fourth-order valence-corrected chi connectivity index (χ4v) is 3.71. The minimum atomic E-state index is -0.345. The molecule has 0 atom stereocenters. The average molecular weight is 385 g/mol. The monoisotopic (exact) mass is 385 g/mol. The van der Waals surface area contributed by atoms with Crippen LogP contribution in [0.4, 0.5) is 16.0 Å². The summed E-state index contributed by atoms with van der Waals surface area (Å²) in [5, 5.41) is 0. The van der Waals surface area contributed by atoms with Gasteiger partial charge in [-0.05, 0) is 43.0 Å². The Morgan fingerprint density at radius 3 is 2.54 bits per heavy atom. The molecule has 28 heavy (non-hydrogen) atoms. The minimum absolute atomic E-state index is 0.293. The second kappa shape index (κ2) is 6.92. The van der Waals surface area contributed by atoms with Crippen LogP contribution < -0.4 is 16.1 Å². The topological polar surface area (TPSA) is 65.1 Å². The van der Waals surface area contributed by atoms with Gasteiger partial charge in [0.2, 0.25) is 5.95 Å². The molecule has 0 saturated carbocycles. The molecule has 1 aliphatic heterocycles. The predicted octanol–water partition coefficient (Wildman–Crippen LogP) is 2.62. The Kier molecular flexibility index (Phi) is 4.56. The number of rotatable bonds is 4. The van der Waals surface area contributed by atoms with Crippen molar-refractivity contribution in [2.45, 2.75) is 39.8 Å². The van der Waals surface area contributed by atoms with Crippen molar-refractivity contribution < 1.29 is 4.39 Å². The zero-order valence-corrected chi connectivity index (χ0v) is 16.4. The smallest absolute Gasteiger partial charge is 0.312 e. The third-order valence-electron chi connectivity index (χ3n) is 5.29. The first-order chi connectivity index (χ1) is 13.4.